The van der Waals surface area contributed by atoms with Crippen LogP contribution in [0, 0.1) is 6.92 Å². The van der Waals surface area contributed by atoms with Gasteiger partial charge in [0.25, 0.3) is 5.91 Å². The Morgan fingerprint density at radius 2 is 1.96 bits per heavy atom. The van der Waals surface area contributed by atoms with Crippen LogP contribution >= 0.6 is 0 Å². The summed E-state index contributed by atoms with van der Waals surface area (Å²) >= 11 is 0. The Hall–Kier alpha value is -2.25. The molecule has 0 aliphatic carbocycles. The summed E-state index contributed by atoms with van der Waals surface area (Å²) in [5, 5.41) is 0. The molecule has 0 saturated carbocycles. The van der Waals surface area contributed by atoms with Gasteiger partial charge in [0.05, 0.1) is 17.1 Å². The average molecular weight is 375 g/mol. The number of hydrogen-bond donors (Lipinski definition) is 1. The molecule has 0 unspecified atom stereocenters. The number of aromatic nitrogens is 1. The molecule has 0 aliphatic rings. The van der Waals surface area contributed by atoms with Gasteiger partial charge in [0.1, 0.15) is 0 Å². The molecule has 6 nitrogen and oxygen atoms in total. The van der Waals surface area contributed by atoms with Crippen molar-refractivity contribution >= 4 is 15.9 Å². The largest absolute Gasteiger partial charge is 0.330 e. The Bertz CT molecular complexity index is 865. The lowest BCUT2D eigenvalue weighted by atomic mass is 10.1. The Morgan fingerprint density at radius 3 is 2.54 bits per heavy atom. The molecule has 0 radical (unpaired) electrons. The molecule has 26 heavy (non-hydrogen) atoms. The van der Waals surface area contributed by atoms with Gasteiger partial charge in [-0.1, -0.05) is 19.1 Å². The van der Waals surface area contributed by atoms with E-state index >= 15 is 0 Å². The molecule has 0 atom stereocenters. The fourth-order valence-corrected chi connectivity index (χ4v) is 3.65. The molecule has 140 valence electrons. The van der Waals surface area contributed by atoms with Gasteiger partial charge in [-0.2, -0.15) is 0 Å². The van der Waals surface area contributed by atoms with E-state index in [0.717, 1.165) is 11.3 Å². The molecule has 1 aromatic heterocycles. The zero-order chi connectivity index (χ0) is 19.3. The normalized spacial score (nSPS) is 11.6. The number of rotatable bonds is 7. The molecule has 0 aliphatic heterocycles. The van der Waals surface area contributed by atoms with Crippen LogP contribution in [-0.2, 0) is 16.6 Å². The zero-order valence-corrected chi connectivity index (χ0v) is 16.4. The number of nitrogens with one attached hydrogen (secondary N) is 1. The van der Waals surface area contributed by atoms with Crippen LogP contribution in [0.4, 0.5) is 0 Å². The van der Waals surface area contributed by atoms with E-state index < -0.39 is 10.0 Å². The summed E-state index contributed by atoms with van der Waals surface area (Å²) in [6.07, 6.45) is 1.69. The van der Waals surface area contributed by atoms with Gasteiger partial charge in [-0.05, 0) is 50.6 Å². The molecule has 2 rings (SSSR count). The Morgan fingerprint density at radius 1 is 1.23 bits per heavy atom. The first-order valence-corrected chi connectivity index (χ1v) is 10.1. The Labute approximate surface area is 155 Å². The molecule has 1 N–H and O–H groups in total. The average Bonchev–Trinajstić information content (AvgIpc) is 2.60. The van der Waals surface area contributed by atoms with E-state index in [-0.39, 0.29) is 23.4 Å². The monoisotopic (exact) mass is 375 g/mol. The quantitative estimate of drug-likeness (QED) is 0.807. The van der Waals surface area contributed by atoms with Crippen LogP contribution in [0.2, 0.25) is 0 Å². The number of carbonyl (C=O) groups is 1. The molecule has 1 amide bonds. The van der Waals surface area contributed by atoms with Gasteiger partial charge in [-0.15, -0.1) is 0 Å². The van der Waals surface area contributed by atoms with Crippen molar-refractivity contribution in [2.75, 3.05) is 6.54 Å². The highest BCUT2D eigenvalue weighted by Gasteiger charge is 2.23. The van der Waals surface area contributed by atoms with Gasteiger partial charge in [0.15, 0.2) is 0 Å². The zero-order valence-electron chi connectivity index (χ0n) is 15.6. The first-order chi connectivity index (χ1) is 12.3. The minimum Gasteiger partial charge on any atom is -0.330 e. The van der Waals surface area contributed by atoms with Crippen molar-refractivity contribution in [1.29, 1.82) is 0 Å². The predicted molar refractivity (Wildman–Crippen MR) is 101 cm³/mol. The number of aryl methyl sites for hydroxylation is 1. The van der Waals surface area contributed by atoms with E-state index in [1.807, 2.05) is 32.0 Å². The van der Waals surface area contributed by atoms with Gasteiger partial charge < -0.3 is 4.90 Å². The first kappa shape index (κ1) is 20.1. The van der Waals surface area contributed by atoms with Crippen LogP contribution in [0.25, 0.3) is 0 Å². The van der Waals surface area contributed by atoms with E-state index in [4.69, 9.17) is 0 Å². The van der Waals surface area contributed by atoms with Gasteiger partial charge in [0.2, 0.25) is 10.0 Å². The van der Waals surface area contributed by atoms with Crippen molar-refractivity contribution in [2.24, 2.45) is 0 Å². The van der Waals surface area contributed by atoms with Crippen molar-refractivity contribution < 1.29 is 13.2 Å². The third-order valence-corrected chi connectivity index (χ3v) is 5.57. The number of sulfonamides is 1. The maximum Gasteiger partial charge on any atom is 0.254 e. The molecule has 7 heteroatoms. The lowest BCUT2D eigenvalue weighted by Crippen LogP contribution is -2.37. The number of amides is 1. The van der Waals surface area contributed by atoms with Crippen molar-refractivity contribution in [3.05, 3.63) is 59.4 Å². The molecule has 0 bridgehead atoms. The van der Waals surface area contributed by atoms with Crippen LogP contribution in [-0.4, -0.2) is 36.8 Å². The summed E-state index contributed by atoms with van der Waals surface area (Å²) in [7, 11) is -3.62. The summed E-state index contributed by atoms with van der Waals surface area (Å²) in [6.45, 7) is 8.02. The van der Waals surface area contributed by atoms with E-state index in [0.29, 0.717) is 12.1 Å². The number of benzene rings is 1. The third-order valence-electron chi connectivity index (χ3n) is 4.03. The van der Waals surface area contributed by atoms with Crippen LogP contribution in [0.3, 0.4) is 0 Å². The fourth-order valence-electron chi connectivity index (χ4n) is 2.58. The van der Waals surface area contributed by atoms with Gasteiger partial charge in [0, 0.05) is 24.3 Å². The lowest BCUT2D eigenvalue weighted by Gasteiger charge is -2.27. The Balaban J connectivity index is 2.39. The lowest BCUT2D eigenvalue weighted by molar-refractivity contribution is 0.0687. The number of carbonyl (C=O) groups excluding carboxylic acids is 1. The maximum absolute atomic E-state index is 13.1. The predicted octanol–water partition coefficient (Wildman–Crippen LogP) is 2.74. The SMILES string of the molecule is CCNS(=O)(=O)c1ccc(C)c(C(=O)N(Cc2ccccn2)C(C)C)c1. The van der Waals surface area contributed by atoms with Crippen LogP contribution in [0.15, 0.2) is 47.5 Å². The number of hydrogen-bond acceptors (Lipinski definition) is 4. The second kappa shape index (κ2) is 8.42. The number of nitrogens with zero attached hydrogens (tertiary/aromatic N) is 2. The van der Waals surface area contributed by atoms with Crippen molar-refractivity contribution in [3.8, 4) is 0 Å². The van der Waals surface area contributed by atoms with Gasteiger partial charge in [-0.3, -0.25) is 9.78 Å². The maximum atomic E-state index is 13.1. The second-order valence-electron chi connectivity index (χ2n) is 6.33. The molecular formula is C19H25N3O3S. The molecule has 1 heterocycles. The smallest absolute Gasteiger partial charge is 0.254 e. The minimum atomic E-state index is -3.62. The van der Waals surface area contributed by atoms with E-state index in [1.54, 1.807) is 31.0 Å². The van der Waals surface area contributed by atoms with Gasteiger partial charge >= 0.3 is 0 Å². The molecular weight excluding hydrogens is 350 g/mol. The van der Waals surface area contributed by atoms with E-state index in [1.165, 1.54) is 12.1 Å². The molecule has 0 saturated heterocycles. The highest BCUT2D eigenvalue weighted by atomic mass is 32.2. The second-order valence-corrected chi connectivity index (χ2v) is 8.09. The highest BCUT2D eigenvalue weighted by Crippen LogP contribution is 2.19. The topological polar surface area (TPSA) is 79.4 Å². The summed E-state index contributed by atoms with van der Waals surface area (Å²) in [5.74, 6) is -0.211. The van der Waals surface area contributed by atoms with E-state index in [2.05, 4.69) is 9.71 Å². The van der Waals surface area contributed by atoms with Gasteiger partial charge in [-0.25, -0.2) is 13.1 Å². The standard InChI is InChI=1S/C19H25N3O3S/c1-5-21-26(24,25)17-10-9-15(4)18(12-17)19(23)22(14(2)3)13-16-8-6-7-11-20-16/h6-12,14,21H,5,13H2,1-4H3. The summed E-state index contributed by atoms with van der Waals surface area (Å²) in [5.41, 5.74) is 1.90. The highest BCUT2D eigenvalue weighted by molar-refractivity contribution is 7.89. The van der Waals surface area contributed by atoms with E-state index in [9.17, 15) is 13.2 Å². The van der Waals surface area contributed by atoms with Crippen LogP contribution < -0.4 is 4.72 Å². The molecule has 0 fully saturated rings. The van der Waals surface area contributed by atoms with Crippen LogP contribution in [0.1, 0.15) is 42.4 Å². The summed E-state index contributed by atoms with van der Waals surface area (Å²) in [4.78, 5) is 19.2. The van der Waals surface area contributed by atoms with Crippen molar-refractivity contribution in [1.82, 2.24) is 14.6 Å². The number of pyridine rings is 1. The Kier molecular flexibility index (Phi) is 6.50. The minimum absolute atomic E-state index is 0.0575. The first-order valence-electron chi connectivity index (χ1n) is 8.57. The molecule has 2 aromatic rings. The summed E-state index contributed by atoms with van der Waals surface area (Å²) in [6, 6.07) is 10.1. The van der Waals surface area contributed by atoms with Crippen molar-refractivity contribution in [2.45, 2.75) is 45.2 Å². The summed E-state index contributed by atoms with van der Waals surface area (Å²) < 4.78 is 27.0. The van der Waals surface area contributed by atoms with Crippen LogP contribution in [0.5, 0.6) is 0 Å². The van der Waals surface area contributed by atoms with Crippen molar-refractivity contribution in [3.63, 3.8) is 0 Å². The molecule has 0 spiro atoms. The molecule has 1 aromatic carbocycles. The third kappa shape index (κ3) is 4.68. The fraction of sp³-hybridized carbons (Fsp3) is 0.368.